The number of aromatic nitrogens is 2. The highest BCUT2D eigenvalue weighted by atomic mass is 35.5. The van der Waals surface area contributed by atoms with Crippen molar-refractivity contribution < 1.29 is 14.3 Å². The highest BCUT2D eigenvalue weighted by molar-refractivity contribution is 6.29. The first-order valence-corrected chi connectivity index (χ1v) is 8.05. The van der Waals surface area contributed by atoms with Crippen LogP contribution in [0.15, 0.2) is 18.2 Å². The van der Waals surface area contributed by atoms with Crippen molar-refractivity contribution in [2.45, 2.75) is 26.2 Å². The van der Waals surface area contributed by atoms with Gasteiger partial charge in [-0.2, -0.15) is 0 Å². The van der Waals surface area contributed by atoms with Gasteiger partial charge in [0.1, 0.15) is 5.75 Å². The number of aryl methyl sites for hydroxylation is 2. The van der Waals surface area contributed by atoms with Crippen LogP contribution >= 0.6 is 11.6 Å². The van der Waals surface area contributed by atoms with E-state index in [2.05, 4.69) is 16.3 Å². The lowest BCUT2D eigenvalue weighted by Gasteiger charge is -2.16. The third kappa shape index (κ3) is 3.28. The molecule has 3 rings (SSSR count). The zero-order valence-corrected chi connectivity index (χ0v) is 14.6. The van der Waals surface area contributed by atoms with E-state index in [0.717, 1.165) is 30.6 Å². The molecular formula is C17H18ClN3O3. The summed E-state index contributed by atoms with van der Waals surface area (Å²) in [4.78, 5) is 13.1. The van der Waals surface area contributed by atoms with Crippen LogP contribution in [0.2, 0.25) is 5.15 Å². The number of benzene rings is 1. The van der Waals surface area contributed by atoms with Crippen LogP contribution in [0.3, 0.4) is 0 Å². The first-order chi connectivity index (χ1) is 11.5. The third-order valence-electron chi connectivity index (χ3n) is 3.89. The summed E-state index contributed by atoms with van der Waals surface area (Å²) < 4.78 is 11.3. The molecule has 0 bridgehead atoms. The normalized spacial score (nSPS) is 12.7. The lowest BCUT2D eigenvalue weighted by atomic mass is 10.1. The van der Waals surface area contributed by atoms with Gasteiger partial charge in [0.15, 0.2) is 10.9 Å². The highest BCUT2D eigenvalue weighted by Crippen LogP contribution is 2.38. The zero-order valence-electron chi connectivity index (χ0n) is 13.8. The Balaban J connectivity index is 1.96. The van der Waals surface area contributed by atoms with E-state index in [0.29, 0.717) is 0 Å². The average molecular weight is 348 g/mol. The molecule has 0 fully saturated rings. The Hall–Kier alpha value is -2.34. The maximum atomic E-state index is 11.8. The van der Waals surface area contributed by atoms with Crippen molar-refractivity contribution in [3.63, 3.8) is 0 Å². The Labute approximate surface area is 145 Å². The van der Waals surface area contributed by atoms with Crippen LogP contribution in [0, 0.1) is 6.92 Å². The molecular weight excluding hydrogens is 330 g/mol. The van der Waals surface area contributed by atoms with Gasteiger partial charge in [-0.1, -0.05) is 23.7 Å². The minimum Gasteiger partial charge on any atom is -0.434 e. The van der Waals surface area contributed by atoms with Gasteiger partial charge < -0.3 is 14.4 Å². The Morgan fingerprint density at radius 1 is 1.25 bits per heavy atom. The molecule has 1 amide bonds. The summed E-state index contributed by atoms with van der Waals surface area (Å²) in [5, 5.41) is 7.87. The number of amides is 1. The Morgan fingerprint density at radius 2 is 2.04 bits per heavy atom. The predicted octanol–water partition coefficient (Wildman–Crippen LogP) is 3.78. The molecule has 0 aliphatic heterocycles. The molecule has 1 aromatic heterocycles. The molecule has 1 heterocycles. The smallest absolute Gasteiger partial charge is 0.414 e. The second-order valence-electron chi connectivity index (χ2n) is 5.90. The third-order valence-corrected chi connectivity index (χ3v) is 4.07. The van der Waals surface area contributed by atoms with Crippen molar-refractivity contribution >= 4 is 17.7 Å². The molecule has 6 nitrogen and oxygen atoms in total. The lowest BCUT2D eigenvalue weighted by Crippen LogP contribution is -2.25. The molecule has 0 atom stereocenters. The minimum atomic E-state index is -0.543. The Bertz CT molecular complexity index is 793. The number of hydrogen-bond donors (Lipinski definition) is 0. The number of rotatable bonds is 3. The molecule has 1 aromatic carbocycles. The summed E-state index contributed by atoms with van der Waals surface area (Å²) in [5.41, 5.74) is 3.46. The fourth-order valence-corrected chi connectivity index (χ4v) is 2.80. The molecule has 1 aliphatic rings. The molecule has 126 valence electrons. The second-order valence-corrected chi connectivity index (χ2v) is 6.29. The summed E-state index contributed by atoms with van der Waals surface area (Å²) >= 11 is 5.87. The van der Waals surface area contributed by atoms with Crippen LogP contribution in [-0.2, 0) is 12.8 Å². The number of hydrogen-bond acceptors (Lipinski definition) is 5. The summed E-state index contributed by atoms with van der Waals surface area (Å²) in [7, 11) is 3.18. The number of carbonyl (C=O) groups is 1. The Kier molecular flexibility index (Phi) is 4.57. The monoisotopic (exact) mass is 347 g/mol. The Morgan fingerprint density at radius 3 is 2.79 bits per heavy atom. The van der Waals surface area contributed by atoms with E-state index in [9.17, 15) is 4.79 Å². The van der Waals surface area contributed by atoms with Crippen molar-refractivity contribution in [3.8, 4) is 17.4 Å². The molecule has 0 spiro atoms. The molecule has 24 heavy (non-hydrogen) atoms. The topological polar surface area (TPSA) is 64.6 Å². The SMILES string of the molecule is Cc1ccc2c(c1Oc1nnc(Cl)cc1OC(=O)N(C)C)CCC2. The number of fused-ring (bicyclic) bond motifs is 1. The van der Waals surface area contributed by atoms with Gasteiger partial charge in [-0.05, 0) is 42.9 Å². The van der Waals surface area contributed by atoms with Crippen LogP contribution in [0.4, 0.5) is 4.79 Å². The maximum Gasteiger partial charge on any atom is 0.414 e. The fraction of sp³-hybridized carbons (Fsp3) is 0.353. The number of carbonyl (C=O) groups excluding carboxylic acids is 1. The van der Waals surface area contributed by atoms with Crippen molar-refractivity contribution in [1.29, 1.82) is 0 Å². The van der Waals surface area contributed by atoms with E-state index in [4.69, 9.17) is 21.1 Å². The summed E-state index contributed by atoms with van der Waals surface area (Å²) in [6.45, 7) is 1.97. The van der Waals surface area contributed by atoms with Crippen molar-refractivity contribution in [1.82, 2.24) is 15.1 Å². The quantitative estimate of drug-likeness (QED) is 0.845. The summed E-state index contributed by atoms with van der Waals surface area (Å²) in [5.74, 6) is 1.02. The van der Waals surface area contributed by atoms with Crippen molar-refractivity contribution in [2.24, 2.45) is 0 Å². The van der Waals surface area contributed by atoms with Crippen LogP contribution in [-0.4, -0.2) is 35.3 Å². The van der Waals surface area contributed by atoms with Crippen molar-refractivity contribution in [2.75, 3.05) is 14.1 Å². The highest BCUT2D eigenvalue weighted by Gasteiger charge is 2.21. The first-order valence-electron chi connectivity index (χ1n) is 7.67. The lowest BCUT2D eigenvalue weighted by molar-refractivity contribution is 0.170. The van der Waals surface area contributed by atoms with Crippen LogP contribution in [0.5, 0.6) is 17.4 Å². The number of ether oxygens (including phenoxy) is 2. The van der Waals surface area contributed by atoms with E-state index in [1.54, 1.807) is 14.1 Å². The van der Waals surface area contributed by atoms with E-state index >= 15 is 0 Å². The zero-order chi connectivity index (χ0) is 17.3. The van der Waals surface area contributed by atoms with Gasteiger partial charge in [0.2, 0.25) is 0 Å². The van der Waals surface area contributed by atoms with Crippen LogP contribution in [0.1, 0.15) is 23.1 Å². The van der Waals surface area contributed by atoms with E-state index < -0.39 is 6.09 Å². The average Bonchev–Trinajstić information content (AvgIpc) is 3.00. The molecule has 0 saturated carbocycles. The van der Waals surface area contributed by atoms with E-state index in [1.165, 1.54) is 22.1 Å². The van der Waals surface area contributed by atoms with Crippen LogP contribution in [0.25, 0.3) is 0 Å². The summed E-state index contributed by atoms with van der Waals surface area (Å²) in [6.07, 6.45) is 2.56. The minimum absolute atomic E-state index is 0.123. The molecule has 0 N–H and O–H groups in total. The first kappa shape index (κ1) is 16.5. The second kappa shape index (κ2) is 6.65. The van der Waals surface area contributed by atoms with Gasteiger partial charge in [0.05, 0.1) is 0 Å². The van der Waals surface area contributed by atoms with Crippen molar-refractivity contribution in [3.05, 3.63) is 40.0 Å². The predicted molar refractivity (Wildman–Crippen MR) is 90.0 cm³/mol. The maximum absolute atomic E-state index is 11.8. The van der Waals surface area contributed by atoms with E-state index in [-0.39, 0.29) is 16.8 Å². The summed E-state index contributed by atoms with van der Waals surface area (Å²) in [6, 6.07) is 5.57. The van der Waals surface area contributed by atoms with Gasteiger partial charge in [0.25, 0.3) is 5.88 Å². The number of halogens is 1. The molecule has 1 aliphatic carbocycles. The fourth-order valence-electron chi connectivity index (χ4n) is 2.66. The van der Waals surface area contributed by atoms with Gasteiger partial charge in [-0.3, -0.25) is 0 Å². The largest absolute Gasteiger partial charge is 0.434 e. The van der Waals surface area contributed by atoms with Gasteiger partial charge in [-0.25, -0.2) is 4.79 Å². The molecule has 7 heteroatoms. The van der Waals surface area contributed by atoms with Gasteiger partial charge in [0, 0.05) is 20.2 Å². The molecule has 2 aromatic rings. The molecule has 0 unspecified atom stereocenters. The van der Waals surface area contributed by atoms with Crippen LogP contribution < -0.4 is 9.47 Å². The molecule has 0 saturated heterocycles. The van der Waals surface area contributed by atoms with Gasteiger partial charge >= 0.3 is 6.09 Å². The van der Waals surface area contributed by atoms with Gasteiger partial charge in [-0.15, -0.1) is 10.2 Å². The number of nitrogens with zero attached hydrogens (tertiary/aromatic N) is 3. The molecule has 0 radical (unpaired) electrons. The standard InChI is InChI=1S/C17H18ClN3O3/c1-10-7-8-11-5-4-6-12(11)15(10)24-16-13(9-14(18)19-20-16)23-17(22)21(2)3/h7-9H,4-6H2,1-3H3. The van der Waals surface area contributed by atoms with E-state index in [1.807, 2.05) is 13.0 Å².